The summed E-state index contributed by atoms with van der Waals surface area (Å²) in [4.78, 5) is 66.6. The maximum atomic E-state index is 13.3. The predicted octanol–water partition coefficient (Wildman–Crippen LogP) is 6.87. The molecule has 4 amide bonds. The highest BCUT2D eigenvalue weighted by Crippen LogP contribution is 2.21. The number of likely N-dealkylation sites (N-methyl/N-ethyl adjacent to an activating group) is 2. The van der Waals surface area contributed by atoms with Crippen molar-refractivity contribution in [2.75, 3.05) is 89.9 Å². The van der Waals surface area contributed by atoms with Crippen molar-refractivity contribution in [2.45, 2.75) is 39.6 Å². The van der Waals surface area contributed by atoms with Crippen molar-refractivity contribution in [3.63, 3.8) is 0 Å². The summed E-state index contributed by atoms with van der Waals surface area (Å²) in [7, 11) is 4.14. The lowest BCUT2D eigenvalue weighted by Crippen LogP contribution is -2.52. The van der Waals surface area contributed by atoms with Gasteiger partial charge in [-0.15, -0.1) is 0 Å². The molecule has 2 aliphatic rings. The Balaban J connectivity index is 0.000000216. The maximum Gasteiger partial charge on any atom is 0.339 e. The summed E-state index contributed by atoms with van der Waals surface area (Å²) in [5.74, 6) is -0.716. The molecule has 0 bridgehead atoms. The third-order valence-electron chi connectivity index (χ3n) is 9.57. The van der Waals surface area contributed by atoms with Crippen LogP contribution in [0.2, 0.25) is 0 Å². The van der Waals surface area contributed by atoms with E-state index < -0.39 is 5.97 Å². The molecule has 15 heteroatoms. The number of rotatable bonds is 9. The quantitative estimate of drug-likeness (QED) is 0.140. The van der Waals surface area contributed by atoms with Crippen LogP contribution in [0.1, 0.15) is 57.1 Å². The number of urea groups is 2. The van der Waals surface area contributed by atoms with Crippen LogP contribution in [0.5, 0.6) is 0 Å². The summed E-state index contributed by atoms with van der Waals surface area (Å²) in [5.41, 5.74) is 6.53. The Kier molecular flexibility index (Phi) is 18.7. The van der Waals surface area contributed by atoms with Gasteiger partial charge in [-0.05, 0) is 90.3 Å². The molecule has 0 spiro atoms. The van der Waals surface area contributed by atoms with Gasteiger partial charge in [0.05, 0.1) is 42.3 Å². The second-order valence-corrected chi connectivity index (χ2v) is 14.8. The first-order valence-corrected chi connectivity index (χ1v) is 21.0. The first-order valence-electron chi connectivity index (χ1n) is 19.8. The molecule has 2 aromatic heterocycles. The third kappa shape index (κ3) is 15.1. The number of nitrogens with zero attached hydrogens (tertiary/aromatic N) is 7. The van der Waals surface area contributed by atoms with Gasteiger partial charge in [-0.1, -0.05) is 51.3 Å². The molecule has 2 aliphatic heterocycles. The SMILES string of the molecule is CCOC(=O)c1ccc(CBr)nc1.CCOC(=O)c1ccc(CN(C(=O)N2CCN(C)CC2)c2ccc(C)cc2)nc1.Cc1ccc(NC(=O)N2CCN(C)CC2)cc1. The van der Waals surface area contributed by atoms with Crippen molar-refractivity contribution in [1.29, 1.82) is 0 Å². The molecule has 0 radical (unpaired) electrons. The highest BCUT2D eigenvalue weighted by Gasteiger charge is 2.26. The van der Waals surface area contributed by atoms with Crippen molar-refractivity contribution in [2.24, 2.45) is 0 Å². The van der Waals surface area contributed by atoms with Gasteiger partial charge >= 0.3 is 24.0 Å². The highest BCUT2D eigenvalue weighted by molar-refractivity contribution is 9.08. The number of aromatic nitrogens is 2. The van der Waals surface area contributed by atoms with Crippen molar-refractivity contribution in [3.05, 3.63) is 119 Å². The number of ether oxygens (including phenoxy) is 2. The van der Waals surface area contributed by atoms with Crippen molar-refractivity contribution in [1.82, 2.24) is 29.6 Å². The van der Waals surface area contributed by atoms with Gasteiger partial charge in [-0.3, -0.25) is 14.9 Å². The van der Waals surface area contributed by atoms with E-state index in [1.807, 2.05) is 72.2 Å². The van der Waals surface area contributed by atoms with Crippen LogP contribution >= 0.6 is 15.9 Å². The third-order valence-corrected chi connectivity index (χ3v) is 10.1. The molecule has 2 aromatic carbocycles. The minimum absolute atomic E-state index is 0.00181. The number of hydrogen-bond donors (Lipinski definition) is 1. The number of benzene rings is 2. The molecule has 0 aliphatic carbocycles. The molecule has 59 heavy (non-hydrogen) atoms. The number of esters is 2. The van der Waals surface area contributed by atoms with E-state index in [4.69, 9.17) is 9.47 Å². The van der Waals surface area contributed by atoms with Gasteiger partial charge in [0.15, 0.2) is 0 Å². The molecule has 0 saturated carbocycles. The van der Waals surface area contributed by atoms with E-state index in [0.717, 1.165) is 61.9 Å². The fourth-order valence-corrected chi connectivity index (χ4v) is 6.20. The second kappa shape index (κ2) is 23.9. The number of aryl methyl sites for hydroxylation is 2. The number of hydrogen-bond acceptors (Lipinski definition) is 10. The smallest absolute Gasteiger partial charge is 0.339 e. The molecule has 6 rings (SSSR count). The Morgan fingerprint density at radius 2 is 1.10 bits per heavy atom. The molecule has 4 heterocycles. The fourth-order valence-electron chi connectivity index (χ4n) is 5.87. The number of carbonyl (C=O) groups is 4. The summed E-state index contributed by atoms with van der Waals surface area (Å²) < 4.78 is 9.81. The molecule has 0 unspecified atom stereocenters. The molecule has 0 atom stereocenters. The molecule has 316 valence electrons. The zero-order valence-electron chi connectivity index (χ0n) is 35.0. The van der Waals surface area contributed by atoms with Crippen molar-refractivity contribution < 1.29 is 28.7 Å². The Labute approximate surface area is 356 Å². The summed E-state index contributed by atoms with van der Waals surface area (Å²) in [5, 5.41) is 3.61. The largest absolute Gasteiger partial charge is 0.462 e. The summed E-state index contributed by atoms with van der Waals surface area (Å²) in [6.45, 7) is 15.3. The van der Waals surface area contributed by atoms with E-state index in [9.17, 15) is 19.2 Å². The topological polar surface area (TPSA) is 141 Å². The summed E-state index contributed by atoms with van der Waals surface area (Å²) in [6.07, 6.45) is 3.02. The van der Waals surface area contributed by atoms with E-state index in [-0.39, 0.29) is 18.0 Å². The number of alkyl halides is 1. The number of pyridine rings is 2. The molecule has 14 nitrogen and oxygen atoms in total. The number of halogens is 1. The fraction of sp³-hybridized carbons (Fsp3) is 0.409. The first kappa shape index (κ1) is 46.3. The standard InChI is InChI=1S/C22H28N4O3.C13H19N3O.C9H10BrNO2/c1-4-29-21(27)18-7-8-19(23-15-18)16-26(20-9-5-17(2)6-10-20)22(28)25-13-11-24(3)12-14-25;1-11-3-5-12(6-4-11)14-13(17)16-9-7-15(2)8-10-16;1-2-13-9(12)7-3-4-8(5-10)11-6-7/h5-10,15H,4,11-14,16H2,1-3H3;3-6H,7-10H2,1-2H3,(H,14,17);3-4,6H,2,5H2,1H3. The van der Waals surface area contributed by atoms with E-state index in [0.29, 0.717) is 55.0 Å². The van der Waals surface area contributed by atoms with E-state index in [2.05, 4.69) is 55.1 Å². The Morgan fingerprint density at radius 3 is 1.54 bits per heavy atom. The number of anilines is 2. The van der Waals surface area contributed by atoms with Gasteiger partial charge in [0.25, 0.3) is 0 Å². The van der Waals surface area contributed by atoms with E-state index >= 15 is 0 Å². The van der Waals surface area contributed by atoms with Crippen LogP contribution in [0.3, 0.4) is 0 Å². The molecule has 2 saturated heterocycles. The van der Waals surface area contributed by atoms with Gasteiger partial charge in [0.1, 0.15) is 0 Å². The van der Waals surface area contributed by atoms with Gasteiger partial charge in [0.2, 0.25) is 0 Å². The Bertz CT molecular complexity index is 1920. The summed E-state index contributed by atoms with van der Waals surface area (Å²) in [6, 6.07) is 22.7. The molecule has 4 aromatic rings. The first-order chi connectivity index (χ1) is 28.4. The number of amides is 4. The van der Waals surface area contributed by atoms with Gasteiger partial charge < -0.3 is 34.4 Å². The lowest BCUT2D eigenvalue weighted by molar-refractivity contribution is 0.0516. The Morgan fingerprint density at radius 1 is 0.644 bits per heavy atom. The minimum atomic E-state index is -0.393. The summed E-state index contributed by atoms with van der Waals surface area (Å²) >= 11 is 3.27. The lowest BCUT2D eigenvalue weighted by atomic mass is 10.2. The average Bonchev–Trinajstić information content (AvgIpc) is 3.25. The van der Waals surface area contributed by atoms with Crippen LogP contribution in [-0.2, 0) is 21.3 Å². The average molecular weight is 874 g/mol. The molecule has 2 fully saturated rings. The monoisotopic (exact) mass is 872 g/mol. The Hall–Kier alpha value is -5.38. The van der Waals surface area contributed by atoms with Crippen LogP contribution < -0.4 is 10.2 Å². The van der Waals surface area contributed by atoms with E-state index in [1.165, 1.54) is 18.0 Å². The second-order valence-electron chi connectivity index (χ2n) is 14.2. The number of nitrogens with one attached hydrogen (secondary N) is 1. The normalized spacial score (nSPS) is 14.2. The van der Waals surface area contributed by atoms with Crippen LogP contribution in [0.15, 0.2) is 85.2 Å². The van der Waals surface area contributed by atoms with Crippen LogP contribution in [-0.4, -0.2) is 133 Å². The molecule has 1 N–H and O–H groups in total. The van der Waals surface area contributed by atoms with Crippen molar-refractivity contribution in [3.8, 4) is 0 Å². The van der Waals surface area contributed by atoms with Gasteiger partial charge in [-0.25, -0.2) is 19.2 Å². The molecular formula is C44H57BrN8O6. The van der Waals surface area contributed by atoms with Crippen LogP contribution in [0, 0.1) is 13.8 Å². The van der Waals surface area contributed by atoms with Crippen LogP contribution in [0.25, 0.3) is 0 Å². The highest BCUT2D eigenvalue weighted by atomic mass is 79.9. The molecular weight excluding hydrogens is 816 g/mol. The predicted molar refractivity (Wildman–Crippen MR) is 234 cm³/mol. The lowest BCUT2D eigenvalue weighted by Gasteiger charge is -2.36. The minimum Gasteiger partial charge on any atom is -0.462 e. The maximum absolute atomic E-state index is 13.3. The van der Waals surface area contributed by atoms with Crippen molar-refractivity contribution >= 4 is 51.3 Å². The van der Waals surface area contributed by atoms with Gasteiger partial charge in [-0.2, -0.15) is 0 Å². The zero-order valence-corrected chi connectivity index (χ0v) is 36.6. The zero-order chi connectivity index (χ0) is 42.7. The van der Waals surface area contributed by atoms with Gasteiger partial charge in [0, 0.05) is 81.5 Å². The van der Waals surface area contributed by atoms with Crippen LogP contribution in [0.4, 0.5) is 21.0 Å². The van der Waals surface area contributed by atoms with E-state index in [1.54, 1.807) is 43.0 Å². The number of piperazine rings is 2. The number of carbonyl (C=O) groups excluding carboxylic acids is 4.